The number of carbonyl (C=O) groups excluding carboxylic acids is 2. The summed E-state index contributed by atoms with van der Waals surface area (Å²) in [6, 6.07) is 9.22. The topological polar surface area (TPSA) is 52.6 Å². The first-order chi connectivity index (χ1) is 8.13. The van der Waals surface area contributed by atoms with E-state index in [9.17, 15) is 9.59 Å². The maximum absolute atomic E-state index is 11.5. The molecule has 92 valence electrons. The normalized spacial score (nSPS) is 11.6. The number of benzene rings is 1. The van der Waals surface area contributed by atoms with Gasteiger partial charge in [0.2, 0.25) is 0 Å². The summed E-state index contributed by atoms with van der Waals surface area (Å²) in [5, 5.41) is 0. The molecule has 1 aromatic carbocycles. The minimum atomic E-state index is -0.855. The smallest absolute Gasteiger partial charge is 0.347 e. The molecule has 0 spiro atoms. The summed E-state index contributed by atoms with van der Waals surface area (Å²) >= 11 is 0. The van der Waals surface area contributed by atoms with Crippen molar-refractivity contribution in [2.45, 2.75) is 26.4 Å². The summed E-state index contributed by atoms with van der Waals surface area (Å²) in [6.07, 6.45) is -0.698. The fourth-order valence-corrected chi connectivity index (χ4v) is 1.31. The van der Waals surface area contributed by atoms with Crippen molar-refractivity contribution in [3.8, 4) is 0 Å². The van der Waals surface area contributed by atoms with E-state index < -0.39 is 18.0 Å². The first-order valence-corrected chi connectivity index (χ1v) is 5.53. The molecule has 0 saturated carbocycles. The quantitative estimate of drug-likeness (QED) is 0.730. The molecular weight excluding hydrogens is 220 g/mol. The SMILES string of the molecule is CCOC(=O)[C@H](C)OC(=O)Cc1ccccc1. The molecule has 0 aliphatic rings. The van der Waals surface area contributed by atoms with Crippen molar-refractivity contribution >= 4 is 11.9 Å². The first-order valence-electron chi connectivity index (χ1n) is 5.53. The highest BCUT2D eigenvalue weighted by molar-refractivity contribution is 5.80. The second-order valence-electron chi connectivity index (χ2n) is 3.55. The maximum atomic E-state index is 11.5. The van der Waals surface area contributed by atoms with Crippen LogP contribution in [0.5, 0.6) is 0 Å². The van der Waals surface area contributed by atoms with Crippen LogP contribution < -0.4 is 0 Å². The fourth-order valence-electron chi connectivity index (χ4n) is 1.31. The van der Waals surface area contributed by atoms with Crippen LogP contribution in [0.2, 0.25) is 0 Å². The fraction of sp³-hybridized carbons (Fsp3) is 0.385. The molecule has 0 N–H and O–H groups in total. The molecule has 4 heteroatoms. The Hall–Kier alpha value is -1.84. The number of ether oxygens (including phenoxy) is 2. The summed E-state index contributed by atoms with van der Waals surface area (Å²) in [4.78, 5) is 22.7. The van der Waals surface area contributed by atoms with E-state index in [0.717, 1.165) is 5.56 Å². The maximum Gasteiger partial charge on any atom is 0.347 e. The number of hydrogen-bond donors (Lipinski definition) is 0. The predicted octanol–water partition coefficient (Wildman–Crippen LogP) is 1.72. The third-order valence-electron chi connectivity index (χ3n) is 2.12. The van der Waals surface area contributed by atoms with Crippen LogP contribution in [-0.2, 0) is 25.5 Å². The van der Waals surface area contributed by atoms with Crippen LogP contribution in [0.1, 0.15) is 19.4 Å². The average molecular weight is 236 g/mol. The van der Waals surface area contributed by atoms with Gasteiger partial charge in [-0.2, -0.15) is 0 Å². The van der Waals surface area contributed by atoms with Gasteiger partial charge in [0.15, 0.2) is 6.10 Å². The van der Waals surface area contributed by atoms with E-state index in [4.69, 9.17) is 9.47 Å². The monoisotopic (exact) mass is 236 g/mol. The predicted molar refractivity (Wildman–Crippen MR) is 62.3 cm³/mol. The molecule has 1 rings (SSSR count). The Morgan fingerprint density at radius 2 is 1.88 bits per heavy atom. The van der Waals surface area contributed by atoms with Crippen molar-refractivity contribution in [3.05, 3.63) is 35.9 Å². The van der Waals surface area contributed by atoms with Gasteiger partial charge in [-0.15, -0.1) is 0 Å². The Morgan fingerprint density at radius 1 is 1.24 bits per heavy atom. The lowest BCUT2D eigenvalue weighted by atomic mass is 10.1. The van der Waals surface area contributed by atoms with Crippen LogP contribution in [0.15, 0.2) is 30.3 Å². The summed E-state index contributed by atoms with van der Waals surface area (Å²) in [5.74, 6) is -0.953. The second-order valence-corrected chi connectivity index (χ2v) is 3.55. The van der Waals surface area contributed by atoms with Gasteiger partial charge >= 0.3 is 11.9 Å². The van der Waals surface area contributed by atoms with Crippen LogP contribution in [0.3, 0.4) is 0 Å². The van der Waals surface area contributed by atoms with E-state index >= 15 is 0 Å². The molecule has 17 heavy (non-hydrogen) atoms. The number of hydrogen-bond acceptors (Lipinski definition) is 4. The molecule has 0 aliphatic carbocycles. The third-order valence-corrected chi connectivity index (χ3v) is 2.12. The van der Waals surface area contributed by atoms with E-state index in [1.54, 1.807) is 6.92 Å². The van der Waals surface area contributed by atoms with E-state index in [1.165, 1.54) is 6.92 Å². The van der Waals surface area contributed by atoms with E-state index in [0.29, 0.717) is 0 Å². The molecular formula is C13H16O4. The van der Waals surface area contributed by atoms with Gasteiger partial charge in [0.25, 0.3) is 0 Å². The lowest BCUT2D eigenvalue weighted by molar-refractivity contribution is -0.165. The number of rotatable bonds is 5. The van der Waals surface area contributed by atoms with Gasteiger partial charge in [-0.25, -0.2) is 4.79 Å². The van der Waals surface area contributed by atoms with Gasteiger partial charge in [-0.1, -0.05) is 30.3 Å². The van der Waals surface area contributed by atoms with Crippen LogP contribution >= 0.6 is 0 Å². The van der Waals surface area contributed by atoms with Gasteiger partial charge in [-0.05, 0) is 19.4 Å². The second kappa shape index (κ2) is 6.68. The Bertz CT molecular complexity index is 372. The van der Waals surface area contributed by atoms with E-state index in [1.807, 2.05) is 30.3 Å². The van der Waals surface area contributed by atoms with Crippen LogP contribution in [-0.4, -0.2) is 24.6 Å². The Labute approximate surface area is 101 Å². The highest BCUT2D eigenvalue weighted by Gasteiger charge is 2.18. The first kappa shape index (κ1) is 13.2. The zero-order valence-electron chi connectivity index (χ0n) is 10.0. The van der Waals surface area contributed by atoms with Gasteiger partial charge in [0, 0.05) is 0 Å². The molecule has 1 aromatic rings. The molecule has 0 aromatic heterocycles. The molecule has 4 nitrogen and oxygen atoms in total. The van der Waals surface area contributed by atoms with Crippen molar-refractivity contribution in [2.24, 2.45) is 0 Å². The van der Waals surface area contributed by atoms with Crippen molar-refractivity contribution < 1.29 is 19.1 Å². The highest BCUT2D eigenvalue weighted by atomic mass is 16.6. The minimum absolute atomic E-state index is 0.157. The molecule has 0 fully saturated rings. The Morgan fingerprint density at radius 3 is 2.47 bits per heavy atom. The molecule has 0 aliphatic heterocycles. The summed E-state index contributed by atoms with van der Waals surface area (Å²) < 4.78 is 9.69. The van der Waals surface area contributed by atoms with Gasteiger partial charge in [0.1, 0.15) is 0 Å². The lowest BCUT2D eigenvalue weighted by Gasteiger charge is -2.11. The summed E-state index contributed by atoms with van der Waals surface area (Å²) in [6.45, 7) is 3.48. The largest absolute Gasteiger partial charge is 0.463 e. The van der Waals surface area contributed by atoms with E-state index in [-0.39, 0.29) is 13.0 Å². The minimum Gasteiger partial charge on any atom is -0.463 e. The lowest BCUT2D eigenvalue weighted by Crippen LogP contribution is -2.27. The highest BCUT2D eigenvalue weighted by Crippen LogP contribution is 2.03. The van der Waals surface area contributed by atoms with Crippen LogP contribution in [0.4, 0.5) is 0 Å². The molecule has 0 heterocycles. The van der Waals surface area contributed by atoms with Crippen molar-refractivity contribution in [1.82, 2.24) is 0 Å². The van der Waals surface area contributed by atoms with Crippen molar-refractivity contribution in [3.63, 3.8) is 0 Å². The number of esters is 2. The third kappa shape index (κ3) is 4.68. The summed E-state index contributed by atoms with van der Waals surface area (Å²) in [7, 11) is 0. The molecule has 0 saturated heterocycles. The summed E-state index contributed by atoms with van der Waals surface area (Å²) in [5.41, 5.74) is 0.855. The Kier molecular flexibility index (Phi) is 5.20. The zero-order valence-corrected chi connectivity index (χ0v) is 10.0. The van der Waals surface area contributed by atoms with Gasteiger partial charge in [-0.3, -0.25) is 4.79 Å². The zero-order chi connectivity index (χ0) is 12.7. The van der Waals surface area contributed by atoms with Crippen LogP contribution in [0.25, 0.3) is 0 Å². The molecule has 1 atom stereocenters. The number of carbonyl (C=O) groups is 2. The molecule has 0 unspecified atom stereocenters. The standard InChI is InChI=1S/C13H16O4/c1-3-16-13(15)10(2)17-12(14)9-11-7-5-4-6-8-11/h4-8,10H,3,9H2,1-2H3/t10-/m0/s1. The Balaban J connectivity index is 2.42. The van der Waals surface area contributed by atoms with Gasteiger partial charge < -0.3 is 9.47 Å². The van der Waals surface area contributed by atoms with Crippen molar-refractivity contribution in [1.29, 1.82) is 0 Å². The molecule has 0 radical (unpaired) electrons. The van der Waals surface area contributed by atoms with Crippen molar-refractivity contribution in [2.75, 3.05) is 6.61 Å². The van der Waals surface area contributed by atoms with Crippen LogP contribution in [0, 0.1) is 0 Å². The van der Waals surface area contributed by atoms with E-state index in [2.05, 4.69) is 0 Å². The van der Waals surface area contributed by atoms with Gasteiger partial charge in [0.05, 0.1) is 13.0 Å². The molecule has 0 amide bonds. The molecule has 0 bridgehead atoms. The average Bonchev–Trinajstić information content (AvgIpc) is 2.30.